The van der Waals surface area contributed by atoms with Crippen LogP contribution in [0.3, 0.4) is 0 Å². The molecule has 2 N–H and O–H groups in total. The zero-order chi connectivity index (χ0) is 11.6. The van der Waals surface area contributed by atoms with E-state index in [1.54, 1.807) is 19.9 Å². The van der Waals surface area contributed by atoms with E-state index < -0.39 is 11.4 Å². The minimum atomic E-state index is -1.66. The molecule has 0 saturated heterocycles. The van der Waals surface area contributed by atoms with Crippen molar-refractivity contribution in [1.29, 1.82) is 0 Å². The van der Waals surface area contributed by atoms with Crippen LogP contribution in [0.25, 0.3) is 0 Å². The first-order chi connectivity index (χ1) is 6.93. The first-order valence-corrected chi connectivity index (χ1v) is 6.02. The summed E-state index contributed by atoms with van der Waals surface area (Å²) in [4.78, 5) is 11.9. The van der Waals surface area contributed by atoms with E-state index in [1.165, 1.54) is 12.1 Å². The number of Topliss-reactive ketones (excluding diaryl/α,β-unsaturated/α-hetero) is 1. The van der Waals surface area contributed by atoms with Crippen molar-refractivity contribution in [3.8, 4) is 0 Å². The number of ketones is 1. The minimum Gasteiger partial charge on any atom is -0.593 e. The molecule has 0 aliphatic rings. The molecule has 1 unspecified atom stereocenters. The molecule has 0 amide bonds. The predicted octanol–water partition coefficient (Wildman–Crippen LogP) is 2.16. The van der Waals surface area contributed by atoms with Crippen molar-refractivity contribution >= 4 is 28.7 Å². The van der Waals surface area contributed by atoms with E-state index >= 15 is 0 Å². The number of benzene rings is 1. The van der Waals surface area contributed by atoms with E-state index in [2.05, 4.69) is 0 Å². The lowest BCUT2D eigenvalue weighted by Gasteiger charge is -2.08. The number of rotatable bonds is 3. The third-order valence-electron chi connectivity index (χ3n) is 1.96. The van der Waals surface area contributed by atoms with Crippen LogP contribution in [0.1, 0.15) is 24.2 Å². The molecule has 0 saturated carbocycles. The molecule has 0 bridgehead atoms. The molecule has 1 atom stereocenters. The maximum Gasteiger partial charge on any atom is 0.192 e. The van der Waals surface area contributed by atoms with Gasteiger partial charge in [-0.15, -0.1) is 5.14 Å². The normalized spacial score (nSPS) is 12.9. The lowest BCUT2D eigenvalue weighted by molar-refractivity contribution is 0.0939. The Labute approximate surface area is 96.9 Å². The van der Waals surface area contributed by atoms with Gasteiger partial charge in [-0.2, -0.15) is 0 Å². The number of hydrogen-bond acceptors (Lipinski definition) is 3. The van der Waals surface area contributed by atoms with Gasteiger partial charge < -0.3 is 4.55 Å². The summed E-state index contributed by atoms with van der Waals surface area (Å²) >= 11 is 4.13. The van der Waals surface area contributed by atoms with Crippen LogP contribution in [-0.4, -0.2) is 10.3 Å². The third kappa shape index (κ3) is 2.95. The summed E-state index contributed by atoms with van der Waals surface area (Å²) in [5, 5.41) is 5.55. The predicted molar refractivity (Wildman–Crippen MR) is 61.2 cm³/mol. The van der Waals surface area contributed by atoms with E-state index in [1.807, 2.05) is 0 Å². The van der Waals surface area contributed by atoms with Gasteiger partial charge in [0, 0.05) is 17.5 Å². The van der Waals surface area contributed by atoms with Crippen LogP contribution in [-0.2, 0) is 11.4 Å². The van der Waals surface area contributed by atoms with Crippen LogP contribution < -0.4 is 5.14 Å². The van der Waals surface area contributed by atoms with E-state index in [4.69, 9.17) is 16.7 Å². The summed E-state index contributed by atoms with van der Waals surface area (Å²) in [5.74, 6) is -0.122. The Morgan fingerprint density at radius 3 is 2.60 bits per heavy atom. The highest BCUT2D eigenvalue weighted by Crippen LogP contribution is 2.22. The van der Waals surface area contributed by atoms with Gasteiger partial charge in [0.25, 0.3) is 0 Å². The SMILES string of the molecule is CC(C)C(=O)c1ccc(Cl)c([S+](N)[O-])c1. The van der Waals surface area contributed by atoms with Gasteiger partial charge in [-0.05, 0) is 12.1 Å². The summed E-state index contributed by atoms with van der Waals surface area (Å²) in [7, 11) is 0. The fraction of sp³-hybridized carbons (Fsp3) is 0.300. The fourth-order valence-corrected chi connectivity index (χ4v) is 1.99. The highest BCUT2D eigenvalue weighted by Gasteiger charge is 2.17. The fourth-order valence-electron chi connectivity index (χ4n) is 1.14. The summed E-state index contributed by atoms with van der Waals surface area (Å²) < 4.78 is 11.1. The Kier molecular flexibility index (Phi) is 4.16. The number of hydrogen-bond donors (Lipinski definition) is 1. The molecular weight excluding hydrogens is 234 g/mol. The highest BCUT2D eigenvalue weighted by atomic mass is 35.5. The van der Waals surface area contributed by atoms with Gasteiger partial charge in [0.2, 0.25) is 0 Å². The Bertz CT molecular complexity index is 380. The van der Waals surface area contributed by atoms with Gasteiger partial charge in [0.05, 0.1) is 16.4 Å². The highest BCUT2D eigenvalue weighted by molar-refractivity contribution is 7.89. The van der Waals surface area contributed by atoms with E-state index in [0.717, 1.165) is 0 Å². The van der Waals surface area contributed by atoms with Crippen LogP contribution >= 0.6 is 11.6 Å². The molecule has 0 spiro atoms. The monoisotopic (exact) mass is 245 g/mol. The van der Waals surface area contributed by atoms with Gasteiger partial charge in [-0.25, -0.2) is 0 Å². The van der Waals surface area contributed by atoms with Gasteiger partial charge in [0.15, 0.2) is 10.7 Å². The van der Waals surface area contributed by atoms with Crippen molar-refractivity contribution in [2.45, 2.75) is 18.7 Å². The largest absolute Gasteiger partial charge is 0.593 e. The van der Waals surface area contributed by atoms with Crippen LogP contribution in [0.2, 0.25) is 5.02 Å². The average Bonchev–Trinajstić information content (AvgIpc) is 2.16. The molecule has 5 heteroatoms. The van der Waals surface area contributed by atoms with E-state index in [0.29, 0.717) is 15.5 Å². The molecule has 0 aliphatic carbocycles. The molecule has 0 fully saturated rings. The van der Waals surface area contributed by atoms with Gasteiger partial charge in [0.1, 0.15) is 0 Å². The molecule has 82 valence electrons. The summed E-state index contributed by atoms with van der Waals surface area (Å²) in [6, 6.07) is 4.64. The zero-order valence-corrected chi connectivity index (χ0v) is 10.1. The van der Waals surface area contributed by atoms with Crippen molar-refractivity contribution in [1.82, 2.24) is 0 Å². The number of carbonyl (C=O) groups excluding carboxylic acids is 1. The average molecular weight is 246 g/mol. The van der Waals surface area contributed by atoms with Gasteiger partial charge in [-0.1, -0.05) is 25.4 Å². The first kappa shape index (κ1) is 12.5. The van der Waals surface area contributed by atoms with Crippen molar-refractivity contribution in [3.05, 3.63) is 28.8 Å². The zero-order valence-electron chi connectivity index (χ0n) is 8.49. The summed E-state index contributed by atoms with van der Waals surface area (Å²) in [6.45, 7) is 3.60. The molecule has 0 heterocycles. The van der Waals surface area contributed by atoms with Crippen molar-refractivity contribution < 1.29 is 9.35 Å². The summed E-state index contributed by atoms with van der Waals surface area (Å²) in [6.07, 6.45) is 0. The molecule has 0 radical (unpaired) electrons. The maximum absolute atomic E-state index is 11.6. The topological polar surface area (TPSA) is 66.2 Å². The van der Waals surface area contributed by atoms with Crippen LogP contribution in [0.4, 0.5) is 0 Å². The third-order valence-corrected chi connectivity index (χ3v) is 3.17. The molecule has 1 aromatic rings. The number of carbonyl (C=O) groups is 1. The van der Waals surface area contributed by atoms with Crippen molar-refractivity contribution in [3.63, 3.8) is 0 Å². The van der Waals surface area contributed by atoms with Crippen LogP contribution in [0, 0.1) is 5.92 Å². The second-order valence-corrected chi connectivity index (χ2v) is 4.90. The molecule has 15 heavy (non-hydrogen) atoms. The molecule has 0 aromatic heterocycles. The minimum absolute atomic E-state index is 0.0154. The van der Waals surface area contributed by atoms with Crippen LogP contribution in [0.15, 0.2) is 23.1 Å². The maximum atomic E-state index is 11.6. The molecule has 0 aliphatic heterocycles. The molecule has 3 nitrogen and oxygen atoms in total. The number of halogens is 1. The first-order valence-electron chi connectivity index (χ1n) is 4.43. The summed E-state index contributed by atoms with van der Waals surface area (Å²) in [5.41, 5.74) is 0.489. The Balaban J connectivity index is 3.13. The van der Waals surface area contributed by atoms with Crippen LogP contribution in [0.5, 0.6) is 0 Å². The van der Waals surface area contributed by atoms with E-state index in [9.17, 15) is 9.35 Å². The van der Waals surface area contributed by atoms with E-state index in [-0.39, 0.29) is 11.7 Å². The van der Waals surface area contributed by atoms with Gasteiger partial charge >= 0.3 is 0 Å². The lowest BCUT2D eigenvalue weighted by atomic mass is 10.0. The molecule has 1 aromatic carbocycles. The Morgan fingerprint density at radius 2 is 2.13 bits per heavy atom. The van der Waals surface area contributed by atoms with Crippen molar-refractivity contribution in [2.75, 3.05) is 0 Å². The molecule has 1 rings (SSSR count). The second-order valence-electron chi connectivity index (χ2n) is 3.46. The molecular formula is C10H12ClNO2S. The lowest BCUT2D eigenvalue weighted by Crippen LogP contribution is -2.15. The Morgan fingerprint density at radius 1 is 1.53 bits per heavy atom. The Hall–Kier alpha value is -0.550. The second kappa shape index (κ2) is 4.99. The van der Waals surface area contributed by atoms with Crippen molar-refractivity contribution in [2.24, 2.45) is 11.1 Å². The smallest absolute Gasteiger partial charge is 0.192 e. The number of nitrogens with two attached hydrogens (primary N) is 1. The standard InChI is InChI=1S/C10H12ClNO2S/c1-6(2)10(13)7-3-4-8(11)9(5-7)15(12)14/h3-6H,12H2,1-2H3. The quantitative estimate of drug-likeness (QED) is 0.656. The van der Waals surface area contributed by atoms with Gasteiger partial charge in [-0.3, -0.25) is 4.79 Å².